The van der Waals surface area contributed by atoms with Crippen molar-refractivity contribution in [2.45, 2.75) is 99.3 Å². The molecule has 3 aliphatic rings. The van der Waals surface area contributed by atoms with E-state index in [-0.39, 0.29) is 6.42 Å². The minimum absolute atomic E-state index is 0.0663. The summed E-state index contributed by atoms with van der Waals surface area (Å²) in [6.07, 6.45) is -20.0. The molecule has 16 nitrogen and oxygen atoms in total. The molecule has 1 unspecified atom stereocenters. The Balaban J connectivity index is 1.76. The zero-order valence-corrected chi connectivity index (χ0v) is 19.4. The lowest BCUT2D eigenvalue weighted by molar-refractivity contribution is -0.370. The van der Waals surface area contributed by atoms with Gasteiger partial charge in [-0.05, 0) is 0 Å². The summed E-state index contributed by atoms with van der Waals surface area (Å²) in [5.74, 6) is -0.464. The van der Waals surface area contributed by atoms with E-state index in [0.717, 1.165) is 0 Å². The highest BCUT2D eigenvalue weighted by Gasteiger charge is 2.52. The van der Waals surface area contributed by atoms with Gasteiger partial charge in [0, 0.05) is 13.3 Å². The standard InChI is InChI=1S/C20H35NO15/c1-6(25)21-7-2-8(9(3-22)32-18(7)31)33-20-16(30)17(13(27)11(5-24)35-20)36-19-15(29)14(28)12(26)10(4-23)34-19/h7-20,22-24,26-31H,2-5H2,1H3,(H,21,25)/t7-,8+,9-,10-,11-,12+,13+,14+,15-,16-,17+,18?,19-,20-/m1/s1. The highest BCUT2D eigenvalue weighted by Crippen LogP contribution is 2.32. The summed E-state index contributed by atoms with van der Waals surface area (Å²) in [5, 5.41) is 92.9. The summed E-state index contributed by atoms with van der Waals surface area (Å²) in [6.45, 7) is -0.864. The molecular weight excluding hydrogens is 494 g/mol. The molecule has 10 N–H and O–H groups in total. The SMILES string of the molecule is CC(=O)N[C@@H]1C[C@H](O[C@@H]2O[C@H](CO)[C@H](O)[C@H](O[C@H]3O[C@H](CO)[C@H](O)[C@H](O)[C@H]3O)[C@H]2O)[C@@H](CO)OC1O. The molecule has 3 saturated heterocycles. The van der Waals surface area contributed by atoms with Crippen LogP contribution in [0.3, 0.4) is 0 Å². The summed E-state index contributed by atoms with van der Waals surface area (Å²) in [4.78, 5) is 11.4. The van der Waals surface area contributed by atoms with Gasteiger partial charge in [0.2, 0.25) is 5.91 Å². The lowest BCUT2D eigenvalue weighted by Gasteiger charge is -2.47. The quantitative estimate of drug-likeness (QED) is 0.140. The van der Waals surface area contributed by atoms with Gasteiger partial charge >= 0.3 is 0 Å². The van der Waals surface area contributed by atoms with E-state index in [9.17, 15) is 50.8 Å². The molecule has 3 fully saturated rings. The number of carbonyl (C=O) groups excluding carboxylic acids is 1. The Labute approximate surface area is 205 Å². The molecular formula is C20H35NO15. The van der Waals surface area contributed by atoms with Crippen LogP contribution in [0, 0.1) is 0 Å². The molecule has 0 saturated carbocycles. The van der Waals surface area contributed by atoms with Crippen molar-refractivity contribution in [3.8, 4) is 0 Å². The smallest absolute Gasteiger partial charge is 0.217 e. The molecule has 3 aliphatic heterocycles. The first-order valence-electron chi connectivity index (χ1n) is 11.5. The minimum atomic E-state index is -1.83. The summed E-state index contributed by atoms with van der Waals surface area (Å²) >= 11 is 0. The maximum atomic E-state index is 11.4. The number of hydrogen-bond donors (Lipinski definition) is 10. The summed E-state index contributed by atoms with van der Waals surface area (Å²) in [5.41, 5.74) is 0. The van der Waals surface area contributed by atoms with Gasteiger partial charge in [-0.3, -0.25) is 4.79 Å². The van der Waals surface area contributed by atoms with Crippen molar-refractivity contribution in [2.24, 2.45) is 0 Å². The first kappa shape index (κ1) is 29.5. The van der Waals surface area contributed by atoms with Crippen LogP contribution in [-0.4, -0.2) is 158 Å². The van der Waals surface area contributed by atoms with Crippen molar-refractivity contribution in [1.82, 2.24) is 5.32 Å². The number of hydrogen-bond acceptors (Lipinski definition) is 15. The Morgan fingerprint density at radius 2 is 1.31 bits per heavy atom. The normalized spacial score (nSPS) is 47.9. The summed E-state index contributed by atoms with van der Waals surface area (Å²) in [6, 6.07) is -0.920. The van der Waals surface area contributed by atoms with Gasteiger partial charge in [0.1, 0.15) is 54.9 Å². The fraction of sp³-hybridized carbons (Fsp3) is 0.950. The van der Waals surface area contributed by atoms with Gasteiger partial charge in [-0.25, -0.2) is 0 Å². The average Bonchev–Trinajstić information content (AvgIpc) is 2.84. The molecule has 0 radical (unpaired) electrons. The van der Waals surface area contributed by atoms with Gasteiger partial charge in [0.15, 0.2) is 18.9 Å². The maximum absolute atomic E-state index is 11.4. The lowest BCUT2D eigenvalue weighted by Crippen LogP contribution is -2.65. The van der Waals surface area contributed by atoms with Crippen LogP contribution in [0.5, 0.6) is 0 Å². The topological polar surface area (TPSA) is 257 Å². The molecule has 1 amide bonds. The number of aliphatic hydroxyl groups is 9. The van der Waals surface area contributed by atoms with Crippen LogP contribution in [0.4, 0.5) is 0 Å². The Hall–Kier alpha value is -1.09. The maximum Gasteiger partial charge on any atom is 0.217 e. The van der Waals surface area contributed by atoms with E-state index >= 15 is 0 Å². The van der Waals surface area contributed by atoms with E-state index in [2.05, 4.69) is 5.32 Å². The molecule has 0 spiro atoms. The zero-order chi connectivity index (χ0) is 26.7. The van der Waals surface area contributed by atoms with E-state index < -0.39 is 112 Å². The number of nitrogens with one attached hydrogen (secondary N) is 1. The summed E-state index contributed by atoms with van der Waals surface area (Å²) in [7, 11) is 0. The van der Waals surface area contributed by atoms with Crippen molar-refractivity contribution in [3.05, 3.63) is 0 Å². The van der Waals surface area contributed by atoms with Gasteiger partial charge in [-0.1, -0.05) is 0 Å². The van der Waals surface area contributed by atoms with Crippen LogP contribution in [0.15, 0.2) is 0 Å². The number of carbonyl (C=O) groups is 1. The molecule has 0 aliphatic carbocycles. The largest absolute Gasteiger partial charge is 0.394 e. The van der Waals surface area contributed by atoms with Crippen LogP contribution >= 0.6 is 0 Å². The Morgan fingerprint density at radius 3 is 1.86 bits per heavy atom. The molecule has 36 heavy (non-hydrogen) atoms. The number of rotatable bonds is 8. The molecule has 210 valence electrons. The van der Waals surface area contributed by atoms with Crippen molar-refractivity contribution in [3.63, 3.8) is 0 Å². The molecule has 0 aromatic rings. The van der Waals surface area contributed by atoms with Crippen LogP contribution in [0.25, 0.3) is 0 Å². The molecule has 14 atom stereocenters. The second kappa shape index (κ2) is 12.6. The van der Waals surface area contributed by atoms with E-state index in [4.69, 9.17) is 23.7 Å². The highest BCUT2D eigenvalue weighted by atomic mass is 16.7. The van der Waals surface area contributed by atoms with Gasteiger partial charge in [-0.2, -0.15) is 0 Å². The van der Waals surface area contributed by atoms with E-state index in [1.54, 1.807) is 0 Å². The molecule has 0 aromatic heterocycles. The monoisotopic (exact) mass is 529 g/mol. The van der Waals surface area contributed by atoms with Crippen molar-refractivity contribution in [1.29, 1.82) is 0 Å². The second-order valence-corrected chi connectivity index (χ2v) is 8.97. The number of aliphatic hydroxyl groups excluding tert-OH is 9. The van der Waals surface area contributed by atoms with E-state index in [1.807, 2.05) is 0 Å². The van der Waals surface area contributed by atoms with E-state index in [1.165, 1.54) is 6.92 Å². The van der Waals surface area contributed by atoms with Gasteiger partial charge in [0.25, 0.3) is 0 Å². The third kappa shape index (κ3) is 6.30. The van der Waals surface area contributed by atoms with Crippen LogP contribution in [-0.2, 0) is 28.5 Å². The third-order valence-electron chi connectivity index (χ3n) is 6.40. The highest BCUT2D eigenvalue weighted by molar-refractivity contribution is 5.73. The Kier molecular flexibility index (Phi) is 10.3. The van der Waals surface area contributed by atoms with Crippen molar-refractivity contribution >= 4 is 5.91 Å². The molecule has 3 rings (SSSR count). The molecule has 3 heterocycles. The van der Waals surface area contributed by atoms with Gasteiger partial charge < -0.3 is 75.0 Å². The van der Waals surface area contributed by atoms with Crippen molar-refractivity contribution < 1.29 is 74.4 Å². The Bertz CT molecular complexity index is 715. The fourth-order valence-corrected chi connectivity index (χ4v) is 4.41. The fourth-order valence-electron chi connectivity index (χ4n) is 4.41. The number of amides is 1. The Morgan fingerprint density at radius 1 is 0.750 bits per heavy atom. The van der Waals surface area contributed by atoms with Crippen molar-refractivity contribution in [2.75, 3.05) is 19.8 Å². The zero-order valence-electron chi connectivity index (χ0n) is 19.4. The van der Waals surface area contributed by atoms with Gasteiger partial charge in [-0.15, -0.1) is 0 Å². The number of ether oxygens (including phenoxy) is 5. The lowest BCUT2D eigenvalue weighted by atomic mass is 9.96. The first-order chi connectivity index (χ1) is 17.0. The predicted molar refractivity (Wildman–Crippen MR) is 111 cm³/mol. The predicted octanol–water partition coefficient (Wildman–Crippen LogP) is -6.40. The average molecular weight is 529 g/mol. The van der Waals surface area contributed by atoms with Crippen LogP contribution in [0.1, 0.15) is 13.3 Å². The van der Waals surface area contributed by atoms with Gasteiger partial charge in [0.05, 0.1) is 32.0 Å². The minimum Gasteiger partial charge on any atom is -0.394 e. The molecule has 0 aromatic carbocycles. The van der Waals surface area contributed by atoms with Crippen LogP contribution < -0.4 is 5.32 Å². The summed E-state index contributed by atoms with van der Waals surface area (Å²) < 4.78 is 27.3. The molecule has 16 heteroatoms. The second-order valence-electron chi connectivity index (χ2n) is 8.97. The molecule has 0 bridgehead atoms. The van der Waals surface area contributed by atoms with E-state index in [0.29, 0.717) is 0 Å². The first-order valence-corrected chi connectivity index (χ1v) is 11.5. The van der Waals surface area contributed by atoms with Crippen LogP contribution in [0.2, 0.25) is 0 Å². The third-order valence-corrected chi connectivity index (χ3v) is 6.40.